The van der Waals surface area contributed by atoms with Crippen molar-refractivity contribution in [1.29, 1.82) is 0 Å². The Kier molecular flexibility index (Phi) is 1.59. The molecule has 2 atom stereocenters. The van der Waals surface area contributed by atoms with E-state index < -0.39 is 0 Å². The van der Waals surface area contributed by atoms with E-state index in [1.165, 1.54) is 0 Å². The maximum atomic E-state index is 11.2. The molecule has 0 spiro atoms. The lowest BCUT2D eigenvalue weighted by molar-refractivity contribution is -0.122. The van der Waals surface area contributed by atoms with E-state index in [4.69, 9.17) is 5.73 Å². The van der Waals surface area contributed by atoms with Crippen molar-refractivity contribution in [2.75, 3.05) is 0 Å². The van der Waals surface area contributed by atoms with Gasteiger partial charge in [0.1, 0.15) is 5.78 Å². The molecule has 0 aromatic heterocycles. The van der Waals surface area contributed by atoms with Crippen LogP contribution < -0.4 is 5.73 Å². The second kappa shape index (κ2) is 2.32. The Hall–Kier alpha value is -0.370. The van der Waals surface area contributed by atoms with E-state index in [9.17, 15) is 4.79 Å². The number of Topliss-reactive ketones (excluding diaryl/α,β-unsaturated/α-hetero) is 1. The number of rotatable bonds is 2. The van der Waals surface area contributed by atoms with Gasteiger partial charge in [-0.25, -0.2) is 0 Å². The molecule has 2 heteroatoms. The first-order valence-electron chi connectivity index (χ1n) is 4.81. The molecule has 2 bridgehead atoms. The normalized spacial score (nSPS) is 46.9. The first-order valence-corrected chi connectivity index (χ1v) is 4.81. The minimum absolute atomic E-state index is 0.124. The molecule has 0 aliphatic heterocycles. The molecule has 0 aromatic rings. The second-order valence-electron chi connectivity index (χ2n) is 4.80. The van der Waals surface area contributed by atoms with E-state index in [0.717, 1.165) is 25.2 Å². The predicted octanol–water partition coefficient (Wildman–Crippen LogP) is 1.34. The van der Waals surface area contributed by atoms with Crippen LogP contribution in [-0.2, 0) is 4.79 Å². The summed E-state index contributed by atoms with van der Waals surface area (Å²) in [6.07, 6.45) is 3.41. The molecule has 68 valence electrons. The maximum absolute atomic E-state index is 11.2. The molecular formula is C10H17NO. The highest BCUT2D eigenvalue weighted by molar-refractivity contribution is 5.78. The van der Waals surface area contributed by atoms with Crippen molar-refractivity contribution in [2.45, 2.75) is 38.6 Å². The van der Waals surface area contributed by atoms with Gasteiger partial charge in [0.15, 0.2) is 0 Å². The molecule has 0 heterocycles. The lowest BCUT2D eigenvalue weighted by atomic mass is 9.75. The third-order valence-electron chi connectivity index (χ3n) is 3.87. The molecule has 0 saturated heterocycles. The van der Waals surface area contributed by atoms with Gasteiger partial charge in [-0.1, -0.05) is 6.92 Å². The van der Waals surface area contributed by atoms with Gasteiger partial charge in [-0.2, -0.15) is 0 Å². The Balaban J connectivity index is 2.04. The molecule has 12 heavy (non-hydrogen) atoms. The molecule has 0 radical (unpaired) electrons. The fraction of sp³-hybridized carbons (Fsp3) is 0.900. The van der Waals surface area contributed by atoms with Crippen LogP contribution in [0.4, 0.5) is 0 Å². The third kappa shape index (κ3) is 1.01. The second-order valence-corrected chi connectivity index (χ2v) is 4.80. The number of carbonyl (C=O) groups is 1. The summed E-state index contributed by atoms with van der Waals surface area (Å²) in [5.74, 6) is 1.92. The van der Waals surface area contributed by atoms with Crippen molar-refractivity contribution in [3.63, 3.8) is 0 Å². The number of nitrogens with two attached hydrogens (primary N) is 1. The van der Waals surface area contributed by atoms with Crippen molar-refractivity contribution in [3.05, 3.63) is 0 Å². The Morgan fingerprint density at radius 3 is 2.42 bits per heavy atom. The number of hydrogen-bond acceptors (Lipinski definition) is 2. The van der Waals surface area contributed by atoms with Gasteiger partial charge in [0, 0.05) is 11.5 Å². The molecule has 1 unspecified atom stereocenters. The molecule has 3 rings (SSSR count). The molecule has 0 aromatic carbocycles. The minimum atomic E-state index is 0.124. The number of hydrogen-bond donors (Lipinski definition) is 1. The molecule has 0 amide bonds. The molecule has 3 aliphatic rings. The largest absolute Gasteiger partial charge is 0.325 e. The first kappa shape index (κ1) is 8.24. The zero-order chi connectivity index (χ0) is 8.93. The van der Waals surface area contributed by atoms with Gasteiger partial charge >= 0.3 is 0 Å². The van der Waals surface area contributed by atoms with Crippen molar-refractivity contribution in [1.82, 2.24) is 0 Å². The van der Waals surface area contributed by atoms with Crippen LogP contribution in [0.2, 0.25) is 0 Å². The van der Waals surface area contributed by atoms with Crippen molar-refractivity contribution < 1.29 is 4.79 Å². The van der Waals surface area contributed by atoms with Crippen LogP contribution in [0.3, 0.4) is 0 Å². The summed E-state index contributed by atoms with van der Waals surface area (Å²) in [6, 6.07) is 0. The Labute approximate surface area is 73.5 Å². The topological polar surface area (TPSA) is 43.1 Å². The fourth-order valence-corrected chi connectivity index (χ4v) is 2.98. The molecule has 3 aliphatic carbocycles. The van der Waals surface area contributed by atoms with Crippen LogP contribution in [0.1, 0.15) is 33.1 Å². The van der Waals surface area contributed by atoms with Gasteiger partial charge in [-0.3, -0.25) is 4.79 Å². The van der Waals surface area contributed by atoms with Crippen molar-refractivity contribution in [3.8, 4) is 0 Å². The van der Waals surface area contributed by atoms with E-state index >= 15 is 0 Å². The van der Waals surface area contributed by atoms with Crippen LogP contribution in [0, 0.1) is 17.8 Å². The van der Waals surface area contributed by atoms with Gasteiger partial charge in [0.05, 0.1) is 0 Å². The molecule has 3 fully saturated rings. The van der Waals surface area contributed by atoms with Crippen LogP contribution in [0.25, 0.3) is 0 Å². The highest BCUT2D eigenvalue weighted by atomic mass is 16.1. The lowest BCUT2D eigenvalue weighted by Crippen LogP contribution is -2.44. The zero-order valence-corrected chi connectivity index (χ0v) is 7.84. The van der Waals surface area contributed by atoms with Crippen LogP contribution >= 0.6 is 0 Å². The van der Waals surface area contributed by atoms with Gasteiger partial charge in [0.2, 0.25) is 0 Å². The quantitative estimate of drug-likeness (QED) is 0.674. The number of carbonyl (C=O) groups excluding carboxylic acids is 1. The van der Waals surface area contributed by atoms with Crippen LogP contribution in [0.15, 0.2) is 0 Å². The predicted molar refractivity (Wildman–Crippen MR) is 47.6 cm³/mol. The number of ketones is 1. The van der Waals surface area contributed by atoms with E-state index in [0.29, 0.717) is 11.7 Å². The highest BCUT2D eigenvalue weighted by Gasteiger charge is 2.55. The van der Waals surface area contributed by atoms with E-state index in [1.807, 2.05) is 0 Å². The van der Waals surface area contributed by atoms with Gasteiger partial charge < -0.3 is 5.73 Å². The molecule has 2 N–H and O–H groups in total. The SMILES string of the molecule is CC(=O)C(C)[C@H]1CC2(N)CC1C2. The number of fused-ring (bicyclic) bond motifs is 1. The lowest BCUT2D eigenvalue weighted by Gasteiger charge is -2.35. The average Bonchev–Trinajstić information content (AvgIpc) is 2.38. The maximum Gasteiger partial charge on any atom is 0.132 e. The summed E-state index contributed by atoms with van der Waals surface area (Å²) >= 11 is 0. The monoisotopic (exact) mass is 167 g/mol. The molecular weight excluding hydrogens is 150 g/mol. The van der Waals surface area contributed by atoms with E-state index in [-0.39, 0.29) is 11.5 Å². The summed E-state index contributed by atoms with van der Waals surface area (Å²) in [5.41, 5.74) is 6.18. The van der Waals surface area contributed by atoms with Gasteiger partial charge in [0.25, 0.3) is 0 Å². The van der Waals surface area contributed by atoms with E-state index in [2.05, 4.69) is 6.92 Å². The van der Waals surface area contributed by atoms with E-state index in [1.54, 1.807) is 6.92 Å². The van der Waals surface area contributed by atoms with Gasteiger partial charge in [-0.15, -0.1) is 0 Å². The summed E-state index contributed by atoms with van der Waals surface area (Å²) in [6.45, 7) is 3.75. The van der Waals surface area contributed by atoms with Crippen LogP contribution in [-0.4, -0.2) is 11.3 Å². The smallest absolute Gasteiger partial charge is 0.132 e. The van der Waals surface area contributed by atoms with Crippen molar-refractivity contribution >= 4 is 5.78 Å². The summed E-state index contributed by atoms with van der Waals surface area (Å²) in [7, 11) is 0. The average molecular weight is 167 g/mol. The zero-order valence-electron chi connectivity index (χ0n) is 7.84. The first-order chi connectivity index (χ1) is 5.52. The standard InChI is InChI=1S/C10H17NO/c1-6(7(2)12)9-5-10(11)3-8(9)4-10/h6,8-9H,3-5,11H2,1-2H3/t6?,8?,9-,10?/m1/s1. The van der Waals surface area contributed by atoms with Crippen molar-refractivity contribution in [2.24, 2.45) is 23.5 Å². The van der Waals surface area contributed by atoms with Crippen LogP contribution in [0.5, 0.6) is 0 Å². The Bertz CT molecular complexity index is 218. The summed E-state index contributed by atoms with van der Waals surface area (Å²) in [5, 5.41) is 0. The highest BCUT2D eigenvalue weighted by Crippen LogP contribution is 2.56. The Morgan fingerprint density at radius 1 is 1.50 bits per heavy atom. The third-order valence-corrected chi connectivity index (χ3v) is 3.87. The summed E-state index contributed by atoms with van der Waals surface area (Å²) in [4.78, 5) is 11.2. The minimum Gasteiger partial charge on any atom is -0.325 e. The summed E-state index contributed by atoms with van der Waals surface area (Å²) < 4.78 is 0. The van der Waals surface area contributed by atoms with Gasteiger partial charge in [-0.05, 0) is 38.0 Å². The Morgan fingerprint density at radius 2 is 2.08 bits per heavy atom. The molecule has 3 saturated carbocycles. The molecule has 2 nitrogen and oxygen atoms in total. The fourth-order valence-electron chi connectivity index (χ4n) is 2.98.